The van der Waals surface area contributed by atoms with Crippen LogP contribution in [0.1, 0.15) is 12.8 Å². The van der Waals surface area contributed by atoms with Gasteiger partial charge in [-0.25, -0.2) is 4.79 Å². The van der Waals surface area contributed by atoms with Crippen molar-refractivity contribution in [3.05, 3.63) is 11.8 Å². The number of allylic oxidation sites excluding steroid dienone is 1. The Morgan fingerprint density at radius 1 is 1.73 bits per heavy atom. The molecule has 3 heteroatoms. The summed E-state index contributed by atoms with van der Waals surface area (Å²) in [5, 5.41) is 8.75. The summed E-state index contributed by atoms with van der Waals surface area (Å²) < 4.78 is 0. The van der Waals surface area contributed by atoms with Crippen molar-refractivity contribution >= 4 is 5.97 Å². The van der Waals surface area contributed by atoms with Crippen LogP contribution in [0.3, 0.4) is 0 Å². The van der Waals surface area contributed by atoms with E-state index in [2.05, 4.69) is 0 Å². The van der Waals surface area contributed by atoms with Crippen LogP contribution in [-0.2, 0) is 4.79 Å². The molecular weight excluding hydrogens is 142 g/mol. The minimum absolute atomic E-state index is 0.513. The van der Waals surface area contributed by atoms with Gasteiger partial charge in [0.2, 0.25) is 0 Å². The number of fused-ring (bicyclic) bond motifs is 2. The lowest BCUT2D eigenvalue weighted by Gasteiger charge is -2.22. The van der Waals surface area contributed by atoms with Crippen molar-refractivity contribution in [1.29, 1.82) is 0 Å². The molecule has 0 saturated carbocycles. The first-order valence-corrected chi connectivity index (χ1v) is 3.96. The van der Waals surface area contributed by atoms with Gasteiger partial charge in [-0.3, -0.25) is 0 Å². The van der Waals surface area contributed by atoms with E-state index in [1.807, 2.05) is 11.0 Å². The number of hydrogen-bond acceptors (Lipinski definition) is 2. The fourth-order valence-corrected chi connectivity index (χ4v) is 1.87. The van der Waals surface area contributed by atoms with Crippen molar-refractivity contribution in [2.24, 2.45) is 5.92 Å². The second-order valence-corrected chi connectivity index (χ2v) is 3.23. The Labute approximate surface area is 65.3 Å². The summed E-state index contributed by atoms with van der Waals surface area (Å²) >= 11 is 0. The number of hydrogen-bond donors (Lipinski definition) is 1. The minimum atomic E-state index is -0.773. The molecule has 0 radical (unpaired) electrons. The molecule has 2 aliphatic rings. The normalized spacial score (nSPS) is 28.5. The molecule has 3 nitrogen and oxygen atoms in total. The highest BCUT2D eigenvalue weighted by molar-refractivity contribution is 5.86. The van der Waals surface area contributed by atoms with Crippen molar-refractivity contribution in [3.8, 4) is 0 Å². The Morgan fingerprint density at radius 3 is 3.27 bits per heavy atom. The molecule has 60 valence electrons. The van der Waals surface area contributed by atoms with Crippen LogP contribution in [0, 0.1) is 5.92 Å². The molecule has 1 saturated heterocycles. The second-order valence-electron chi connectivity index (χ2n) is 3.23. The van der Waals surface area contributed by atoms with Gasteiger partial charge in [-0.2, -0.15) is 0 Å². The third-order valence-electron chi connectivity index (χ3n) is 2.49. The molecule has 0 aromatic rings. The predicted octanol–water partition coefficient (Wildman–Crippen LogP) is 0.681. The maximum Gasteiger partial charge on any atom is 0.351 e. The van der Waals surface area contributed by atoms with Crippen LogP contribution in [0.25, 0.3) is 0 Å². The molecule has 0 aromatic heterocycles. The van der Waals surface area contributed by atoms with Crippen LogP contribution in [0.5, 0.6) is 0 Å². The lowest BCUT2D eigenvalue weighted by Crippen LogP contribution is -2.27. The highest BCUT2D eigenvalue weighted by Crippen LogP contribution is 2.28. The first-order chi connectivity index (χ1) is 5.27. The molecule has 0 aromatic carbocycles. The number of carboxylic acids is 1. The predicted molar refractivity (Wildman–Crippen MR) is 40.0 cm³/mol. The highest BCUT2D eigenvalue weighted by Gasteiger charge is 2.30. The summed E-state index contributed by atoms with van der Waals surface area (Å²) in [6.07, 6.45) is 3.97. The van der Waals surface area contributed by atoms with E-state index in [0.717, 1.165) is 31.8 Å². The van der Waals surface area contributed by atoms with Gasteiger partial charge < -0.3 is 10.0 Å². The van der Waals surface area contributed by atoms with Gasteiger partial charge in [-0.15, -0.1) is 0 Å². The first kappa shape index (κ1) is 6.70. The maximum atomic E-state index is 10.6. The summed E-state index contributed by atoms with van der Waals surface area (Å²) in [7, 11) is 0. The van der Waals surface area contributed by atoms with Crippen LogP contribution < -0.4 is 0 Å². The molecule has 0 spiro atoms. The Bertz CT molecular complexity index is 222. The number of carbonyl (C=O) groups is 1. The quantitative estimate of drug-likeness (QED) is 0.602. The van der Waals surface area contributed by atoms with Crippen molar-refractivity contribution in [3.63, 3.8) is 0 Å². The maximum absolute atomic E-state index is 10.6. The van der Waals surface area contributed by atoms with E-state index < -0.39 is 5.97 Å². The summed E-state index contributed by atoms with van der Waals surface area (Å²) in [5.41, 5.74) is 0.513. The minimum Gasteiger partial charge on any atom is -0.477 e. The van der Waals surface area contributed by atoms with Gasteiger partial charge >= 0.3 is 5.97 Å². The summed E-state index contributed by atoms with van der Waals surface area (Å²) in [4.78, 5) is 12.6. The van der Waals surface area contributed by atoms with Gasteiger partial charge in [0.15, 0.2) is 0 Å². The zero-order valence-corrected chi connectivity index (χ0v) is 6.29. The largest absolute Gasteiger partial charge is 0.477 e. The zero-order chi connectivity index (χ0) is 7.84. The van der Waals surface area contributed by atoms with Gasteiger partial charge in [0, 0.05) is 13.1 Å². The molecule has 2 aliphatic heterocycles. The Hall–Kier alpha value is -0.990. The molecule has 2 heterocycles. The SMILES string of the molecule is O=C(O)C1=CCC2CCN1C2. The third-order valence-corrected chi connectivity index (χ3v) is 2.49. The lowest BCUT2D eigenvalue weighted by atomic mass is 10.0. The van der Waals surface area contributed by atoms with Gasteiger partial charge in [0.1, 0.15) is 5.70 Å². The monoisotopic (exact) mass is 153 g/mol. The van der Waals surface area contributed by atoms with E-state index in [0.29, 0.717) is 5.70 Å². The van der Waals surface area contributed by atoms with Crippen LogP contribution in [0.4, 0.5) is 0 Å². The van der Waals surface area contributed by atoms with Crippen molar-refractivity contribution in [1.82, 2.24) is 4.90 Å². The molecule has 1 unspecified atom stereocenters. The van der Waals surface area contributed by atoms with Gasteiger partial charge in [0.05, 0.1) is 0 Å². The highest BCUT2D eigenvalue weighted by atomic mass is 16.4. The van der Waals surface area contributed by atoms with Gasteiger partial charge in [-0.1, -0.05) is 6.08 Å². The average molecular weight is 153 g/mol. The molecule has 1 atom stereocenters. The van der Waals surface area contributed by atoms with Crippen molar-refractivity contribution in [2.45, 2.75) is 12.8 Å². The van der Waals surface area contributed by atoms with Gasteiger partial charge in [0.25, 0.3) is 0 Å². The Morgan fingerprint density at radius 2 is 2.55 bits per heavy atom. The number of aliphatic carboxylic acids is 1. The standard InChI is InChI=1S/C8H11NO2/c10-8(11)7-2-1-6-3-4-9(7)5-6/h2,6H,1,3-5H2,(H,10,11). The smallest absolute Gasteiger partial charge is 0.351 e. The van der Waals surface area contributed by atoms with Crippen LogP contribution in [0.15, 0.2) is 11.8 Å². The summed E-state index contributed by atoms with van der Waals surface area (Å²) in [6, 6.07) is 0. The summed E-state index contributed by atoms with van der Waals surface area (Å²) in [6.45, 7) is 1.89. The van der Waals surface area contributed by atoms with E-state index in [1.165, 1.54) is 0 Å². The van der Waals surface area contributed by atoms with Crippen LogP contribution in [0.2, 0.25) is 0 Å². The van der Waals surface area contributed by atoms with Gasteiger partial charge in [-0.05, 0) is 18.8 Å². The van der Waals surface area contributed by atoms with Crippen molar-refractivity contribution in [2.75, 3.05) is 13.1 Å². The molecule has 11 heavy (non-hydrogen) atoms. The fourth-order valence-electron chi connectivity index (χ4n) is 1.87. The van der Waals surface area contributed by atoms with E-state index >= 15 is 0 Å². The molecule has 0 amide bonds. The number of rotatable bonds is 1. The molecule has 2 bridgehead atoms. The summed E-state index contributed by atoms with van der Waals surface area (Å²) in [5.74, 6) is -0.0524. The topological polar surface area (TPSA) is 40.5 Å². The molecular formula is C8H11NO2. The van der Waals surface area contributed by atoms with Crippen LogP contribution >= 0.6 is 0 Å². The lowest BCUT2D eigenvalue weighted by molar-refractivity contribution is -0.134. The zero-order valence-electron chi connectivity index (χ0n) is 6.29. The van der Waals surface area contributed by atoms with E-state index in [1.54, 1.807) is 0 Å². The Kier molecular flexibility index (Phi) is 1.37. The molecule has 0 aliphatic carbocycles. The third kappa shape index (κ3) is 1.00. The van der Waals surface area contributed by atoms with Crippen molar-refractivity contribution < 1.29 is 9.90 Å². The van der Waals surface area contributed by atoms with E-state index in [-0.39, 0.29) is 0 Å². The molecule has 1 N–H and O–H groups in total. The number of carboxylic acid groups (broad SMARTS) is 1. The second kappa shape index (κ2) is 2.26. The van der Waals surface area contributed by atoms with E-state index in [4.69, 9.17) is 5.11 Å². The molecule has 1 fully saturated rings. The fraction of sp³-hybridized carbons (Fsp3) is 0.625. The van der Waals surface area contributed by atoms with E-state index in [9.17, 15) is 4.79 Å². The molecule has 2 rings (SSSR count). The Balaban J connectivity index is 2.21. The average Bonchev–Trinajstić information content (AvgIpc) is 2.32. The van der Waals surface area contributed by atoms with Crippen LogP contribution in [-0.4, -0.2) is 29.1 Å². The number of nitrogens with zero attached hydrogens (tertiary/aromatic N) is 1. The first-order valence-electron chi connectivity index (χ1n) is 3.96.